The first-order valence-corrected chi connectivity index (χ1v) is 10.4. The van der Waals surface area contributed by atoms with E-state index in [9.17, 15) is 14.0 Å². The normalized spacial score (nSPS) is 12.3. The van der Waals surface area contributed by atoms with Gasteiger partial charge in [0.05, 0.1) is 0 Å². The van der Waals surface area contributed by atoms with Gasteiger partial charge in [-0.05, 0) is 50.0 Å². The van der Waals surface area contributed by atoms with Crippen LogP contribution in [-0.4, -0.2) is 26.9 Å². The Morgan fingerprint density at radius 2 is 1.80 bits per heavy atom. The number of benzene rings is 2. The summed E-state index contributed by atoms with van der Waals surface area (Å²) in [5.74, 6) is -1.59. The summed E-state index contributed by atoms with van der Waals surface area (Å²) >= 11 is 1.03. The third-order valence-electron chi connectivity index (χ3n) is 4.88. The third-order valence-corrected chi connectivity index (χ3v) is 5.39. The zero-order chi connectivity index (χ0) is 21.7. The van der Waals surface area contributed by atoms with Crippen LogP contribution in [0.25, 0.3) is 0 Å². The highest BCUT2D eigenvalue weighted by Gasteiger charge is 2.37. The molecule has 0 unspecified atom stereocenters. The van der Waals surface area contributed by atoms with E-state index in [1.165, 1.54) is 22.4 Å². The largest absolute Gasteiger partial charge is 0.349 e. The van der Waals surface area contributed by atoms with E-state index in [1.807, 2.05) is 20.8 Å². The molecule has 0 bridgehead atoms. The standard InChI is InChI=1S/C22H23FN4O2S/c1-4-22(2,3)24-20(28)19(16-12-8-9-13-17(16)23)27(15-10-6-5-7-11-15)21(29)18-14-30-26-25-18/h5-14,19H,4H2,1-3H3,(H,24,28)/t19-/m0/s1. The summed E-state index contributed by atoms with van der Waals surface area (Å²) in [6.45, 7) is 5.70. The molecule has 0 saturated heterocycles. The predicted octanol–water partition coefficient (Wildman–Crippen LogP) is 4.37. The summed E-state index contributed by atoms with van der Waals surface area (Å²) in [6.07, 6.45) is 0.665. The van der Waals surface area contributed by atoms with Crippen molar-refractivity contribution in [2.24, 2.45) is 0 Å². The molecule has 2 amide bonds. The van der Waals surface area contributed by atoms with E-state index in [1.54, 1.807) is 42.5 Å². The Balaban J connectivity index is 2.17. The van der Waals surface area contributed by atoms with Gasteiger partial charge >= 0.3 is 0 Å². The summed E-state index contributed by atoms with van der Waals surface area (Å²) in [5.41, 5.74) is 0.108. The molecule has 156 valence electrons. The van der Waals surface area contributed by atoms with E-state index in [4.69, 9.17) is 0 Å². The Labute approximate surface area is 178 Å². The summed E-state index contributed by atoms with van der Waals surface area (Å²) in [6, 6.07) is 13.4. The average Bonchev–Trinajstić information content (AvgIpc) is 3.27. The molecule has 0 aliphatic rings. The predicted molar refractivity (Wildman–Crippen MR) is 115 cm³/mol. The van der Waals surface area contributed by atoms with Crippen LogP contribution in [0.4, 0.5) is 10.1 Å². The topological polar surface area (TPSA) is 75.2 Å². The maximum Gasteiger partial charge on any atom is 0.280 e. The van der Waals surface area contributed by atoms with Crippen LogP contribution in [0.2, 0.25) is 0 Å². The zero-order valence-corrected chi connectivity index (χ0v) is 17.8. The minimum atomic E-state index is -1.23. The SMILES string of the molecule is CCC(C)(C)NC(=O)[C@H](c1ccccc1F)N(C(=O)c1csnn1)c1ccccc1. The first-order valence-electron chi connectivity index (χ1n) is 9.56. The molecule has 1 atom stereocenters. The number of aromatic nitrogens is 2. The van der Waals surface area contributed by atoms with Gasteiger partial charge in [0.25, 0.3) is 5.91 Å². The molecule has 0 spiro atoms. The van der Waals surface area contributed by atoms with E-state index < -0.39 is 29.2 Å². The summed E-state index contributed by atoms with van der Waals surface area (Å²) in [5, 5.41) is 8.32. The average molecular weight is 427 g/mol. The molecule has 3 rings (SSSR count). The fraction of sp³-hybridized carbons (Fsp3) is 0.273. The number of halogens is 1. The first-order chi connectivity index (χ1) is 14.3. The summed E-state index contributed by atoms with van der Waals surface area (Å²) in [4.78, 5) is 28.1. The molecular weight excluding hydrogens is 403 g/mol. The maximum absolute atomic E-state index is 14.9. The second-order valence-corrected chi connectivity index (χ2v) is 8.06. The van der Waals surface area contributed by atoms with Gasteiger partial charge < -0.3 is 5.32 Å². The van der Waals surface area contributed by atoms with Gasteiger partial charge in [-0.25, -0.2) is 4.39 Å². The molecule has 30 heavy (non-hydrogen) atoms. The number of anilines is 1. The van der Waals surface area contributed by atoms with Crippen LogP contribution in [0.1, 0.15) is 49.3 Å². The lowest BCUT2D eigenvalue weighted by molar-refractivity contribution is -0.124. The first kappa shape index (κ1) is 21.6. The number of hydrogen-bond donors (Lipinski definition) is 1. The number of hydrogen-bond acceptors (Lipinski definition) is 5. The summed E-state index contributed by atoms with van der Waals surface area (Å²) < 4.78 is 18.6. The van der Waals surface area contributed by atoms with Crippen LogP contribution in [0.5, 0.6) is 0 Å². The van der Waals surface area contributed by atoms with Crippen LogP contribution in [-0.2, 0) is 4.79 Å². The lowest BCUT2D eigenvalue weighted by Gasteiger charge is -2.34. The van der Waals surface area contributed by atoms with E-state index in [0.717, 1.165) is 11.5 Å². The van der Waals surface area contributed by atoms with E-state index in [0.29, 0.717) is 12.1 Å². The second kappa shape index (κ2) is 9.13. The molecule has 0 aliphatic carbocycles. The van der Waals surface area contributed by atoms with E-state index >= 15 is 0 Å². The number of amides is 2. The number of nitrogens with one attached hydrogen (secondary N) is 1. The van der Waals surface area contributed by atoms with Crippen molar-refractivity contribution < 1.29 is 14.0 Å². The molecule has 6 nitrogen and oxygen atoms in total. The van der Waals surface area contributed by atoms with Gasteiger partial charge in [0.1, 0.15) is 11.9 Å². The molecule has 0 fully saturated rings. The number of para-hydroxylation sites is 1. The number of carbonyl (C=O) groups is 2. The molecule has 1 heterocycles. The van der Waals surface area contributed by atoms with Gasteiger partial charge in [0.2, 0.25) is 5.91 Å². The number of carbonyl (C=O) groups excluding carboxylic acids is 2. The third kappa shape index (κ3) is 4.71. The Bertz CT molecular complexity index is 1010. The van der Waals surface area contributed by atoms with E-state index in [-0.39, 0.29) is 11.3 Å². The Morgan fingerprint density at radius 1 is 1.13 bits per heavy atom. The molecular formula is C22H23FN4O2S. The summed E-state index contributed by atoms with van der Waals surface area (Å²) in [7, 11) is 0. The van der Waals surface area contributed by atoms with Crippen molar-refractivity contribution in [3.63, 3.8) is 0 Å². The molecule has 0 saturated carbocycles. The minimum absolute atomic E-state index is 0.0905. The highest BCUT2D eigenvalue weighted by Crippen LogP contribution is 2.31. The van der Waals surface area contributed by atoms with Crippen molar-refractivity contribution in [3.05, 3.63) is 77.1 Å². The van der Waals surface area contributed by atoms with Gasteiger partial charge in [0.15, 0.2) is 5.69 Å². The Morgan fingerprint density at radius 3 is 2.40 bits per heavy atom. The van der Waals surface area contributed by atoms with E-state index in [2.05, 4.69) is 14.9 Å². The number of nitrogens with zero attached hydrogens (tertiary/aromatic N) is 3. The highest BCUT2D eigenvalue weighted by molar-refractivity contribution is 7.03. The molecule has 0 radical (unpaired) electrons. The van der Waals surface area contributed by atoms with Crippen LogP contribution >= 0.6 is 11.5 Å². The van der Waals surface area contributed by atoms with Crippen molar-refractivity contribution >= 4 is 29.0 Å². The molecule has 2 aromatic carbocycles. The molecule has 3 aromatic rings. The Kier molecular flexibility index (Phi) is 6.56. The monoisotopic (exact) mass is 426 g/mol. The smallest absolute Gasteiger partial charge is 0.280 e. The number of rotatable bonds is 7. The van der Waals surface area contributed by atoms with Crippen molar-refractivity contribution in [2.75, 3.05) is 4.90 Å². The van der Waals surface area contributed by atoms with Gasteiger partial charge in [0, 0.05) is 22.2 Å². The fourth-order valence-corrected chi connectivity index (χ4v) is 3.37. The lowest BCUT2D eigenvalue weighted by Crippen LogP contribution is -2.50. The lowest BCUT2D eigenvalue weighted by atomic mass is 9.97. The quantitative estimate of drug-likeness (QED) is 0.609. The zero-order valence-electron chi connectivity index (χ0n) is 17.0. The van der Waals surface area contributed by atoms with Crippen molar-refractivity contribution in [1.82, 2.24) is 14.9 Å². The fourth-order valence-electron chi connectivity index (χ4n) is 2.94. The van der Waals surface area contributed by atoms with Gasteiger partial charge in [-0.2, -0.15) is 0 Å². The second-order valence-electron chi connectivity index (χ2n) is 7.45. The van der Waals surface area contributed by atoms with Crippen molar-refractivity contribution in [2.45, 2.75) is 38.8 Å². The van der Waals surface area contributed by atoms with Crippen LogP contribution in [0.3, 0.4) is 0 Å². The van der Waals surface area contributed by atoms with Gasteiger partial charge in [-0.3, -0.25) is 14.5 Å². The van der Waals surface area contributed by atoms with Gasteiger partial charge in [-0.1, -0.05) is 47.8 Å². The Hall–Kier alpha value is -3.13. The maximum atomic E-state index is 14.9. The molecule has 1 aromatic heterocycles. The molecule has 0 aliphatic heterocycles. The van der Waals surface area contributed by atoms with Crippen LogP contribution in [0, 0.1) is 5.82 Å². The minimum Gasteiger partial charge on any atom is -0.349 e. The van der Waals surface area contributed by atoms with Crippen LogP contribution in [0.15, 0.2) is 60.0 Å². The van der Waals surface area contributed by atoms with Crippen molar-refractivity contribution in [3.8, 4) is 0 Å². The molecule has 8 heteroatoms. The van der Waals surface area contributed by atoms with Crippen LogP contribution < -0.4 is 10.2 Å². The van der Waals surface area contributed by atoms with Gasteiger partial charge in [-0.15, -0.1) is 5.10 Å². The van der Waals surface area contributed by atoms with Crippen molar-refractivity contribution in [1.29, 1.82) is 0 Å². The highest BCUT2D eigenvalue weighted by atomic mass is 32.1. The molecule has 1 N–H and O–H groups in total.